The van der Waals surface area contributed by atoms with Gasteiger partial charge >= 0.3 is 6.18 Å². The van der Waals surface area contributed by atoms with Gasteiger partial charge < -0.3 is 4.90 Å². The molecule has 0 N–H and O–H groups in total. The fourth-order valence-corrected chi connectivity index (χ4v) is 3.05. The summed E-state index contributed by atoms with van der Waals surface area (Å²) < 4.78 is 40.2. The van der Waals surface area contributed by atoms with Gasteiger partial charge in [-0.15, -0.1) is 0 Å². The average Bonchev–Trinajstić information content (AvgIpc) is 2.91. The van der Waals surface area contributed by atoms with Crippen LogP contribution in [0.2, 0.25) is 5.02 Å². The predicted molar refractivity (Wildman–Crippen MR) is 88.3 cm³/mol. The highest BCUT2D eigenvalue weighted by molar-refractivity contribution is 6.31. The van der Waals surface area contributed by atoms with Gasteiger partial charge in [-0.1, -0.05) is 11.6 Å². The standard InChI is InChI=1S/C15H14ClF3N5O2/c1-9-13(16)14(15(17,18)19)21-23(9)12-8-22(7-6-20-12)10-2-4-11(5-3-10)24(25)26/h2-5,12H,6-8H2,1H3. The van der Waals surface area contributed by atoms with E-state index in [4.69, 9.17) is 11.6 Å². The van der Waals surface area contributed by atoms with Crippen molar-refractivity contribution in [1.29, 1.82) is 0 Å². The van der Waals surface area contributed by atoms with Crippen molar-refractivity contribution >= 4 is 23.0 Å². The lowest BCUT2D eigenvalue weighted by atomic mass is 10.2. The molecule has 0 aliphatic carbocycles. The smallest absolute Gasteiger partial charge is 0.367 e. The van der Waals surface area contributed by atoms with Crippen molar-refractivity contribution in [3.05, 3.63) is 50.8 Å². The third kappa shape index (κ3) is 3.47. The molecule has 2 heterocycles. The number of aromatic nitrogens is 2. The molecule has 1 aromatic heterocycles. The molecule has 0 amide bonds. The maximum Gasteiger partial charge on any atom is 0.436 e. The molecule has 1 fully saturated rings. The van der Waals surface area contributed by atoms with Crippen LogP contribution in [0, 0.1) is 17.0 Å². The number of alkyl halides is 3. The Morgan fingerprint density at radius 2 is 1.96 bits per heavy atom. The molecule has 0 spiro atoms. The van der Waals surface area contributed by atoms with Crippen molar-refractivity contribution in [2.75, 3.05) is 24.5 Å². The number of nitro benzene ring substituents is 1. The first-order valence-electron chi connectivity index (χ1n) is 7.66. The van der Waals surface area contributed by atoms with Gasteiger partial charge in [0.15, 0.2) is 5.69 Å². The van der Waals surface area contributed by atoms with E-state index in [2.05, 4.69) is 10.4 Å². The van der Waals surface area contributed by atoms with Gasteiger partial charge in [-0.05, 0) is 19.1 Å². The normalized spacial score (nSPS) is 18.2. The Balaban J connectivity index is 1.84. The number of benzene rings is 1. The topological polar surface area (TPSA) is 78.3 Å². The third-order valence-corrected chi connectivity index (χ3v) is 4.60. The van der Waals surface area contributed by atoms with E-state index in [1.165, 1.54) is 23.7 Å². The fourth-order valence-electron chi connectivity index (χ4n) is 2.82. The fraction of sp³-hybridized carbons (Fsp3) is 0.400. The Bertz CT molecular complexity index is 822. The van der Waals surface area contributed by atoms with E-state index in [0.717, 1.165) is 5.69 Å². The molecule has 1 aliphatic rings. The lowest BCUT2D eigenvalue weighted by Gasteiger charge is -2.34. The molecule has 0 saturated carbocycles. The summed E-state index contributed by atoms with van der Waals surface area (Å²) in [7, 11) is 0. The van der Waals surface area contributed by atoms with Crippen LogP contribution in [0.3, 0.4) is 0 Å². The van der Waals surface area contributed by atoms with Crippen molar-refractivity contribution in [2.24, 2.45) is 0 Å². The van der Waals surface area contributed by atoms with Crippen molar-refractivity contribution in [3.8, 4) is 0 Å². The maximum absolute atomic E-state index is 13.0. The Morgan fingerprint density at radius 3 is 2.50 bits per heavy atom. The third-order valence-electron chi connectivity index (χ3n) is 4.15. The molecule has 1 saturated heterocycles. The second-order valence-electron chi connectivity index (χ2n) is 5.80. The molecule has 3 rings (SSSR count). The minimum atomic E-state index is -4.64. The van der Waals surface area contributed by atoms with Crippen LogP contribution in [0.4, 0.5) is 24.5 Å². The van der Waals surface area contributed by atoms with Gasteiger partial charge in [-0.25, -0.2) is 10.00 Å². The zero-order valence-electron chi connectivity index (χ0n) is 13.6. The van der Waals surface area contributed by atoms with Gasteiger partial charge in [-0.2, -0.15) is 18.3 Å². The molecule has 1 aliphatic heterocycles. The van der Waals surface area contributed by atoms with E-state index in [1.807, 2.05) is 4.90 Å². The Hall–Kier alpha value is -2.33. The van der Waals surface area contributed by atoms with Crippen LogP contribution < -0.4 is 10.2 Å². The first-order chi connectivity index (χ1) is 12.2. The highest BCUT2D eigenvalue weighted by Gasteiger charge is 2.39. The molecule has 7 nitrogen and oxygen atoms in total. The van der Waals surface area contributed by atoms with E-state index >= 15 is 0 Å². The largest absolute Gasteiger partial charge is 0.436 e. The SMILES string of the molecule is Cc1c(Cl)c(C(F)(F)F)nn1C1CN(c2ccc([N+](=O)[O-])cc2)CC[N]1. The van der Waals surface area contributed by atoms with Crippen molar-refractivity contribution in [1.82, 2.24) is 15.1 Å². The van der Waals surface area contributed by atoms with Gasteiger partial charge in [0.25, 0.3) is 5.69 Å². The second-order valence-corrected chi connectivity index (χ2v) is 6.17. The highest BCUT2D eigenvalue weighted by Crippen LogP contribution is 2.36. The zero-order valence-corrected chi connectivity index (χ0v) is 14.3. The molecule has 1 aromatic carbocycles. The molecule has 0 bridgehead atoms. The quantitative estimate of drug-likeness (QED) is 0.596. The van der Waals surface area contributed by atoms with E-state index in [1.54, 1.807) is 12.1 Å². The number of hydrogen-bond acceptors (Lipinski definition) is 4. The van der Waals surface area contributed by atoms with Crippen LogP contribution in [0.15, 0.2) is 24.3 Å². The number of non-ortho nitro benzene ring substituents is 1. The summed E-state index contributed by atoms with van der Waals surface area (Å²) in [6.07, 6.45) is -5.27. The van der Waals surface area contributed by atoms with E-state index in [9.17, 15) is 23.3 Å². The molecule has 1 radical (unpaired) electrons. The lowest BCUT2D eigenvalue weighted by molar-refractivity contribution is -0.384. The van der Waals surface area contributed by atoms with Crippen LogP contribution in [0.25, 0.3) is 0 Å². The molecular weight excluding hydrogens is 375 g/mol. The number of nitro groups is 1. The van der Waals surface area contributed by atoms with Crippen molar-refractivity contribution in [3.63, 3.8) is 0 Å². The van der Waals surface area contributed by atoms with Crippen molar-refractivity contribution < 1.29 is 18.1 Å². The van der Waals surface area contributed by atoms with E-state index < -0.39 is 28.0 Å². The second kappa shape index (κ2) is 6.76. The van der Waals surface area contributed by atoms with Crippen LogP contribution in [-0.2, 0) is 6.18 Å². The average molecular weight is 389 g/mol. The minimum absolute atomic E-state index is 0.0310. The number of halogens is 4. The van der Waals surface area contributed by atoms with Gasteiger partial charge in [0.05, 0.1) is 22.2 Å². The Labute approximate surface area is 151 Å². The molecular formula is C15H14ClF3N5O2. The predicted octanol–water partition coefficient (Wildman–Crippen LogP) is 3.40. The summed E-state index contributed by atoms with van der Waals surface area (Å²) in [5.74, 6) is 0. The van der Waals surface area contributed by atoms with Crippen molar-refractivity contribution in [2.45, 2.75) is 19.3 Å². The Morgan fingerprint density at radius 1 is 1.31 bits per heavy atom. The lowest BCUT2D eigenvalue weighted by Crippen LogP contribution is -2.45. The van der Waals surface area contributed by atoms with Gasteiger partial charge in [0.2, 0.25) is 0 Å². The summed E-state index contributed by atoms with van der Waals surface area (Å²) in [5, 5.41) is 18.3. The molecule has 139 valence electrons. The summed E-state index contributed by atoms with van der Waals surface area (Å²) in [6.45, 7) is 2.69. The van der Waals surface area contributed by atoms with Gasteiger partial charge in [0, 0.05) is 30.9 Å². The van der Waals surface area contributed by atoms with E-state index in [-0.39, 0.29) is 17.9 Å². The maximum atomic E-state index is 13.0. The monoisotopic (exact) mass is 388 g/mol. The van der Waals surface area contributed by atoms with Gasteiger partial charge in [-0.3, -0.25) is 10.1 Å². The molecule has 11 heteroatoms. The van der Waals surface area contributed by atoms with Crippen LogP contribution >= 0.6 is 11.6 Å². The number of piperazine rings is 1. The number of hydrogen-bond donors (Lipinski definition) is 0. The van der Waals surface area contributed by atoms with E-state index in [0.29, 0.717) is 13.1 Å². The van der Waals surface area contributed by atoms with Crippen LogP contribution in [-0.4, -0.2) is 34.3 Å². The summed E-state index contributed by atoms with van der Waals surface area (Å²) in [5.41, 5.74) is -0.239. The highest BCUT2D eigenvalue weighted by atomic mass is 35.5. The zero-order chi connectivity index (χ0) is 19.1. The molecule has 1 atom stereocenters. The molecule has 2 aromatic rings. The Kier molecular flexibility index (Phi) is 4.80. The number of anilines is 1. The summed E-state index contributed by atoms with van der Waals surface area (Å²) >= 11 is 5.80. The van der Waals surface area contributed by atoms with Gasteiger partial charge in [0.1, 0.15) is 6.17 Å². The number of rotatable bonds is 3. The molecule has 1 unspecified atom stereocenters. The first kappa shape index (κ1) is 18.5. The first-order valence-corrected chi connectivity index (χ1v) is 8.04. The van der Waals surface area contributed by atoms with Crippen LogP contribution in [0.5, 0.6) is 0 Å². The summed E-state index contributed by atoms with van der Waals surface area (Å²) in [6, 6.07) is 5.97. The summed E-state index contributed by atoms with van der Waals surface area (Å²) in [4.78, 5) is 12.1. The number of nitrogens with zero attached hydrogens (tertiary/aromatic N) is 5. The van der Waals surface area contributed by atoms with Crippen LogP contribution in [0.1, 0.15) is 17.6 Å². The minimum Gasteiger partial charge on any atom is -0.367 e. The molecule has 26 heavy (non-hydrogen) atoms.